The minimum absolute atomic E-state index is 0.119. The second-order valence-corrected chi connectivity index (χ2v) is 7.72. The molecule has 9 nitrogen and oxygen atoms in total. The summed E-state index contributed by atoms with van der Waals surface area (Å²) in [5, 5.41) is 6.83. The van der Waals surface area contributed by atoms with Gasteiger partial charge in [0.15, 0.2) is 23.0 Å². The number of amides is 2. The number of benzene rings is 2. The van der Waals surface area contributed by atoms with E-state index in [1.165, 1.54) is 6.21 Å². The van der Waals surface area contributed by atoms with Crippen molar-refractivity contribution in [2.75, 3.05) is 20.5 Å². The van der Waals surface area contributed by atoms with Crippen LogP contribution in [-0.2, 0) is 4.79 Å². The molecule has 1 heterocycles. The fourth-order valence-corrected chi connectivity index (χ4v) is 3.19. The molecule has 1 aliphatic heterocycles. The molecule has 9 heteroatoms. The van der Waals surface area contributed by atoms with Crippen molar-refractivity contribution in [3.8, 4) is 23.0 Å². The Kier molecular flexibility index (Phi) is 8.12. The average molecular weight is 456 g/mol. The molecule has 0 saturated carbocycles. The smallest absolute Gasteiger partial charge is 0.262 e. The molecule has 0 aliphatic carbocycles. The van der Waals surface area contributed by atoms with Crippen molar-refractivity contribution in [2.24, 2.45) is 11.0 Å². The summed E-state index contributed by atoms with van der Waals surface area (Å²) in [7, 11) is 1.56. The molecule has 33 heavy (non-hydrogen) atoms. The minimum Gasteiger partial charge on any atom is -0.493 e. The first-order valence-corrected chi connectivity index (χ1v) is 10.8. The number of hydrogen-bond acceptors (Lipinski definition) is 7. The summed E-state index contributed by atoms with van der Waals surface area (Å²) >= 11 is 0. The number of carbonyl (C=O) groups is 2. The van der Waals surface area contributed by atoms with Crippen molar-refractivity contribution < 1.29 is 28.5 Å². The lowest BCUT2D eigenvalue weighted by molar-refractivity contribution is -0.123. The summed E-state index contributed by atoms with van der Waals surface area (Å²) in [6.07, 6.45) is 2.33. The summed E-state index contributed by atoms with van der Waals surface area (Å²) in [6.45, 7) is 6.33. The van der Waals surface area contributed by atoms with E-state index in [2.05, 4.69) is 15.8 Å². The topological polar surface area (TPSA) is 107 Å². The summed E-state index contributed by atoms with van der Waals surface area (Å²) in [5.74, 6) is 1.21. The van der Waals surface area contributed by atoms with Gasteiger partial charge < -0.3 is 24.3 Å². The molecule has 1 unspecified atom stereocenters. The van der Waals surface area contributed by atoms with Gasteiger partial charge in [-0.25, -0.2) is 5.43 Å². The van der Waals surface area contributed by atoms with E-state index in [9.17, 15) is 9.59 Å². The molecule has 2 aromatic carbocycles. The maximum absolute atomic E-state index is 12.8. The monoisotopic (exact) mass is 455 g/mol. The number of para-hydroxylation sites is 1. The molecule has 3 rings (SSSR count). The van der Waals surface area contributed by atoms with Crippen molar-refractivity contribution in [1.29, 1.82) is 0 Å². The van der Waals surface area contributed by atoms with Crippen LogP contribution in [0.4, 0.5) is 0 Å². The normalized spacial score (nSPS) is 13.1. The van der Waals surface area contributed by atoms with Gasteiger partial charge in [-0.15, -0.1) is 0 Å². The summed E-state index contributed by atoms with van der Waals surface area (Å²) in [4.78, 5) is 25.5. The second kappa shape index (κ2) is 11.2. The Morgan fingerprint density at radius 3 is 2.70 bits per heavy atom. The van der Waals surface area contributed by atoms with Crippen LogP contribution in [0.2, 0.25) is 0 Å². The average Bonchev–Trinajstić information content (AvgIpc) is 3.28. The maximum Gasteiger partial charge on any atom is 0.262 e. The van der Waals surface area contributed by atoms with E-state index >= 15 is 0 Å². The first kappa shape index (κ1) is 23.9. The van der Waals surface area contributed by atoms with Gasteiger partial charge in [-0.1, -0.05) is 26.8 Å². The number of methoxy groups -OCH3 is 1. The quantitative estimate of drug-likeness (QED) is 0.421. The number of rotatable bonds is 10. The van der Waals surface area contributed by atoms with Crippen LogP contribution >= 0.6 is 0 Å². The van der Waals surface area contributed by atoms with Crippen LogP contribution in [0.25, 0.3) is 0 Å². The molecule has 1 aliphatic rings. The lowest BCUT2D eigenvalue weighted by Crippen LogP contribution is -2.48. The predicted octanol–water partition coefficient (Wildman–Crippen LogP) is 3.12. The highest BCUT2D eigenvalue weighted by Crippen LogP contribution is 2.32. The van der Waals surface area contributed by atoms with Gasteiger partial charge in [0.25, 0.3) is 11.8 Å². The van der Waals surface area contributed by atoms with Gasteiger partial charge in [0.2, 0.25) is 6.79 Å². The van der Waals surface area contributed by atoms with Crippen molar-refractivity contribution in [2.45, 2.75) is 33.2 Å². The van der Waals surface area contributed by atoms with Crippen LogP contribution < -0.4 is 29.7 Å². The van der Waals surface area contributed by atoms with Gasteiger partial charge >= 0.3 is 0 Å². The van der Waals surface area contributed by atoms with E-state index in [0.29, 0.717) is 40.7 Å². The van der Waals surface area contributed by atoms with Crippen LogP contribution in [0.3, 0.4) is 0 Å². The molecule has 0 fully saturated rings. The van der Waals surface area contributed by atoms with Crippen LogP contribution in [0.1, 0.15) is 43.1 Å². The first-order chi connectivity index (χ1) is 15.9. The van der Waals surface area contributed by atoms with Crippen LogP contribution in [-0.4, -0.2) is 44.6 Å². The summed E-state index contributed by atoms with van der Waals surface area (Å²) in [5.41, 5.74) is 3.54. The minimum atomic E-state index is -0.791. The number of nitrogens with one attached hydrogen (secondary N) is 2. The molecule has 1 atom stereocenters. The van der Waals surface area contributed by atoms with E-state index < -0.39 is 17.9 Å². The fraction of sp³-hybridized carbons (Fsp3) is 0.375. The van der Waals surface area contributed by atoms with Crippen molar-refractivity contribution in [3.63, 3.8) is 0 Å². The lowest BCUT2D eigenvalue weighted by atomic mass is 10.0. The van der Waals surface area contributed by atoms with Crippen molar-refractivity contribution in [1.82, 2.24) is 10.7 Å². The van der Waals surface area contributed by atoms with E-state index in [0.717, 1.165) is 6.42 Å². The van der Waals surface area contributed by atoms with Crippen LogP contribution in [0.15, 0.2) is 41.5 Å². The number of hydrogen-bond donors (Lipinski definition) is 2. The number of fused-ring (bicyclic) bond motifs is 1. The van der Waals surface area contributed by atoms with Crippen molar-refractivity contribution in [3.05, 3.63) is 47.5 Å². The van der Waals surface area contributed by atoms with Gasteiger partial charge in [-0.2, -0.15) is 5.10 Å². The molecule has 2 amide bonds. The first-order valence-electron chi connectivity index (χ1n) is 10.8. The Balaban J connectivity index is 1.67. The maximum atomic E-state index is 12.8. The molecule has 2 aromatic rings. The highest BCUT2D eigenvalue weighted by molar-refractivity contribution is 5.98. The SMILES string of the molecule is CCCOc1c(C=NNC(=O)C(NC(=O)c2ccc3c(c2)OCO3)C(C)C)cccc1OC. The van der Waals surface area contributed by atoms with Crippen LogP contribution in [0, 0.1) is 5.92 Å². The molecule has 0 radical (unpaired) electrons. The molecule has 176 valence electrons. The molecule has 0 aromatic heterocycles. The van der Waals surface area contributed by atoms with Crippen LogP contribution in [0.5, 0.6) is 23.0 Å². The molecule has 0 bridgehead atoms. The highest BCUT2D eigenvalue weighted by atomic mass is 16.7. The predicted molar refractivity (Wildman–Crippen MR) is 123 cm³/mol. The van der Waals surface area contributed by atoms with Gasteiger partial charge in [0.05, 0.1) is 19.9 Å². The van der Waals surface area contributed by atoms with E-state index in [-0.39, 0.29) is 12.7 Å². The lowest BCUT2D eigenvalue weighted by Gasteiger charge is -2.20. The number of hydrazone groups is 1. The van der Waals surface area contributed by atoms with E-state index in [4.69, 9.17) is 18.9 Å². The Labute approximate surface area is 193 Å². The second-order valence-electron chi connectivity index (χ2n) is 7.72. The zero-order chi connectivity index (χ0) is 23.8. The Morgan fingerprint density at radius 1 is 1.18 bits per heavy atom. The number of nitrogens with zero attached hydrogens (tertiary/aromatic N) is 1. The fourth-order valence-electron chi connectivity index (χ4n) is 3.19. The molecular weight excluding hydrogens is 426 g/mol. The summed E-state index contributed by atoms with van der Waals surface area (Å²) in [6, 6.07) is 9.50. The third-order valence-corrected chi connectivity index (χ3v) is 4.93. The number of carbonyl (C=O) groups excluding carboxylic acids is 2. The largest absolute Gasteiger partial charge is 0.493 e. The Hall–Kier alpha value is -3.75. The van der Waals surface area contributed by atoms with Gasteiger partial charge in [0, 0.05) is 11.1 Å². The number of ether oxygens (including phenoxy) is 4. The third kappa shape index (κ3) is 5.94. The van der Waals surface area contributed by atoms with E-state index in [1.54, 1.807) is 31.4 Å². The van der Waals surface area contributed by atoms with Gasteiger partial charge in [-0.05, 0) is 42.7 Å². The Morgan fingerprint density at radius 2 is 1.97 bits per heavy atom. The third-order valence-electron chi connectivity index (χ3n) is 4.93. The summed E-state index contributed by atoms with van der Waals surface area (Å²) < 4.78 is 21.7. The van der Waals surface area contributed by atoms with Gasteiger partial charge in [0.1, 0.15) is 6.04 Å². The molecule has 2 N–H and O–H groups in total. The Bertz CT molecular complexity index is 1020. The van der Waals surface area contributed by atoms with Crippen molar-refractivity contribution >= 4 is 18.0 Å². The zero-order valence-electron chi connectivity index (χ0n) is 19.2. The van der Waals surface area contributed by atoms with Gasteiger partial charge in [-0.3, -0.25) is 9.59 Å². The molecule has 0 spiro atoms. The zero-order valence-corrected chi connectivity index (χ0v) is 19.2. The standard InChI is InChI=1S/C24H29N3O6/c1-5-11-31-22-17(7-6-8-19(22)30-4)13-25-27-24(29)21(15(2)3)26-23(28)16-9-10-18-20(12-16)33-14-32-18/h6-10,12-13,15,21H,5,11,14H2,1-4H3,(H,26,28)(H,27,29). The van der Waals surface area contributed by atoms with E-state index in [1.807, 2.05) is 32.9 Å². The highest BCUT2D eigenvalue weighted by Gasteiger charge is 2.25. The molecular formula is C24H29N3O6. The molecule has 0 saturated heterocycles.